The summed E-state index contributed by atoms with van der Waals surface area (Å²) in [5, 5.41) is 5.50. The van der Waals surface area contributed by atoms with E-state index in [0.29, 0.717) is 19.3 Å². The van der Waals surface area contributed by atoms with E-state index in [1.54, 1.807) is 7.05 Å². The number of nitrogens with zero attached hydrogens (tertiary/aromatic N) is 1. The van der Waals surface area contributed by atoms with Gasteiger partial charge in [0, 0.05) is 5.75 Å². The molecule has 7 heteroatoms. The Labute approximate surface area is 125 Å². The van der Waals surface area contributed by atoms with E-state index in [0.717, 1.165) is 18.3 Å². The Morgan fingerprint density at radius 2 is 2.00 bits per heavy atom. The molecule has 0 bridgehead atoms. The summed E-state index contributed by atoms with van der Waals surface area (Å²) in [5.74, 6) is 0.0528. The van der Waals surface area contributed by atoms with Crippen LogP contribution in [0.25, 0.3) is 0 Å². The van der Waals surface area contributed by atoms with Crippen molar-refractivity contribution >= 4 is 29.1 Å². The van der Waals surface area contributed by atoms with Crippen LogP contribution in [0.15, 0.2) is 0 Å². The lowest BCUT2D eigenvalue weighted by Gasteiger charge is -2.18. The maximum Gasteiger partial charge on any atom is 0.237 e. The molecule has 0 aliphatic heterocycles. The minimum Gasteiger partial charge on any atom is -0.344 e. The average molecular weight is 303 g/mol. The lowest BCUT2D eigenvalue weighted by Crippen LogP contribution is -2.48. The maximum atomic E-state index is 11.8. The van der Waals surface area contributed by atoms with Gasteiger partial charge in [-0.15, -0.1) is 0 Å². The normalized spacial score (nSPS) is 13.8. The van der Waals surface area contributed by atoms with Gasteiger partial charge in [0.2, 0.25) is 11.0 Å². The molecular weight excluding hydrogens is 278 g/mol. The number of hydrogen-bond donors (Lipinski definition) is 2. The third kappa shape index (κ3) is 7.62. The number of rotatable bonds is 10. The number of carbonyl (C=O) groups excluding carboxylic acids is 3. The van der Waals surface area contributed by atoms with Crippen LogP contribution in [0.3, 0.4) is 0 Å². The number of carbonyl (C=O) groups is 3. The molecular formula is C13H25N3O3S. The van der Waals surface area contributed by atoms with Crippen LogP contribution in [0.1, 0.15) is 20.3 Å². The summed E-state index contributed by atoms with van der Waals surface area (Å²) >= 11 is 1.07. The average Bonchev–Trinajstić information content (AvgIpc) is 2.44. The van der Waals surface area contributed by atoms with Gasteiger partial charge in [0.1, 0.15) is 6.29 Å². The summed E-state index contributed by atoms with van der Waals surface area (Å²) in [4.78, 5) is 36.3. The molecule has 0 saturated carbocycles. The monoisotopic (exact) mass is 303 g/mol. The van der Waals surface area contributed by atoms with E-state index in [-0.39, 0.29) is 22.8 Å². The van der Waals surface area contributed by atoms with E-state index in [1.165, 1.54) is 0 Å². The van der Waals surface area contributed by atoms with Crippen molar-refractivity contribution < 1.29 is 14.4 Å². The summed E-state index contributed by atoms with van der Waals surface area (Å²) in [6, 6.07) is -0.949. The Bertz CT molecular complexity index is 322. The van der Waals surface area contributed by atoms with Gasteiger partial charge in [-0.1, -0.05) is 25.6 Å². The van der Waals surface area contributed by atoms with Crippen LogP contribution in [0.4, 0.5) is 0 Å². The van der Waals surface area contributed by atoms with Gasteiger partial charge in [0.15, 0.2) is 0 Å². The molecule has 0 aliphatic rings. The third-order valence-corrected chi connectivity index (χ3v) is 3.90. The highest BCUT2D eigenvalue weighted by atomic mass is 32.2. The fourth-order valence-electron chi connectivity index (χ4n) is 1.48. The summed E-state index contributed by atoms with van der Waals surface area (Å²) < 4.78 is 0. The Kier molecular flexibility index (Phi) is 10.3. The standard InChI is InChI=1S/C13H25N3O3S/c1-5-11(14-3)13(19)15-10(8-17)9-20-12(18)7-16(4)6-2/h8,10-11,14H,5-7,9H2,1-4H3,(H,15,19). The fraction of sp³-hybridized carbons (Fsp3) is 0.769. The molecule has 0 aliphatic carbocycles. The number of nitrogens with one attached hydrogen (secondary N) is 2. The molecule has 0 rings (SSSR count). The van der Waals surface area contributed by atoms with Crippen LogP contribution < -0.4 is 10.6 Å². The minimum atomic E-state index is -0.634. The van der Waals surface area contributed by atoms with E-state index in [2.05, 4.69) is 10.6 Å². The molecule has 2 atom stereocenters. The van der Waals surface area contributed by atoms with Crippen LogP contribution in [0.2, 0.25) is 0 Å². The smallest absolute Gasteiger partial charge is 0.237 e. The van der Waals surface area contributed by atoms with Gasteiger partial charge in [-0.05, 0) is 27.1 Å². The second-order valence-corrected chi connectivity index (χ2v) is 5.59. The van der Waals surface area contributed by atoms with Crippen molar-refractivity contribution in [3.8, 4) is 0 Å². The molecule has 0 aromatic rings. The molecule has 0 fully saturated rings. The van der Waals surface area contributed by atoms with Gasteiger partial charge in [-0.25, -0.2) is 0 Å². The topological polar surface area (TPSA) is 78.5 Å². The molecule has 0 aromatic carbocycles. The molecule has 0 saturated heterocycles. The summed E-state index contributed by atoms with van der Waals surface area (Å²) in [5.41, 5.74) is 0. The van der Waals surface area contributed by atoms with Gasteiger partial charge in [-0.2, -0.15) is 0 Å². The van der Waals surface area contributed by atoms with E-state index in [9.17, 15) is 14.4 Å². The molecule has 6 nitrogen and oxygen atoms in total. The largest absolute Gasteiger partial charge is 0.344 e. The number of aldehydes is 1. The van der Waals surface area contributed by atoms with Gasteiger partial charge in [-0.3, -0.25) is 14.5 Å². The van der Waals surface area contributed by atoms with Crippen molar-refractivity contribution in [2.75, 3.05) is 32.9 Å². The summed E-state index contributed by atoms with van der Waals surface area (Å²) in [7, 11) is 3.55. The predicted octanol–water partition coefficient (Wildman–Crippen LogP) is -0.120. The van der Waals surface area contributed by atoms with Crippen LogP contribution in [-0.2, 0) is 14.4 Å². The first-order valence-corrected chi connectivity index (χ1v) is 7.74. The van der Waals surface area contributed by atoms with Crippen molar-refractivity contribution in [2.45, 2.75) is 32.4 Å². The molecule has 0 spiro atoms. The van der Waals surface area contributed by atoms with Crippen LogP contribution in [0.5, 0.6) is 0 Å². The highest BCUT2D eigenvalue weighted by Crippen LogP contribution is 2.05. The Morgan fingerprint density at radius 1 is 1.35 bits per heavy atom. The SMILES string of the molecule is CCC(NC)C(=O)NC(C=O)CSC(=O)CN(C)CC. The van der Waals surface area contributed by atoms with Crippen molar-refractivity contribution in [1.82, 2.24) is 15.5 Å². The Balaban J connectivity index is 4.19. The molecule has 2 N–H and O–H groups in total. The van der Waals surface area contributed by atoms with Crippen molar-refractivity contribution in [1.29, 1.82) is 0 Å². The first-order valence-electron chi connectivity index (χ1n) is 6.75. The zero-order chi connectivity index (χ0) is 15.5. The molecule has 0 heterocycles. The Hall–Kier alpha value is -0.920. The van der Waals surface area contributed by atoms with E-state index in [4.69, 9.17) is 0 Å². The predicted molar refractivity (Wildman–Crippen MR) is 81.8 cm³/mol. The highest BCUT2D eigenvalue weighted by molar-refractivity contribution is 8.13. The van der Waals surface area contributed by atoms with E-state index < -0.39 is 6.04 Å². The molecule has 0 aromatic heterocycles. The van der Waals surface area contributed by atoms with Crippen LogP contribution in [-0.4, -0.2) is 67.2 Å². The second kappa shape index (κ2) is 10.8. The summed E-state index contributed by atoms with van der Waals surface area (Å²) in [6.07, 6.45) is 1.31. The molecule has 0 radical (unpaired) electrons. The fourth-order valence-corrected chi connectivity index (χ4v) is 2.32. The lowest BCUT2D eigenvalue weighted by molar-refractivity contribution is -0.125. The van der Waals surface area contributed by atoms with Crippen molar-refractivity contribution in [3.05, 3.63) is 0 Å². The van der Waals surface area contributed by atoms with Crippen molar-refractivity contribution in [3.63, 3.8) is 0 Å². The van der Waals surface area contributed by atoms with Gasteiger partial charge in [0.25, 0.3) is 0 Å². The van der Waals surface area contributed by atoms with Crippen LogP contribution in [0, 0.1) is 0 Å². The number of hydrogen-bond acceptors (Lipinski definition) is 6. The minimum absolute atomic E-state index is 0.00360. The zero-order valence-electron chi connectivity index (χ0n) is 12.6. The first kappa shape index (κ1) is 19.1. The van der Waals surface area contributed by atoms with Crippen molar-refractivity contribution in [2.24, 2.45) is 0 Å². The van der Waals surface area contributed by atoms with E-state index >= 15 is 0 Å². The van der Waals surface area contributed by atoms with Crippen LogP contribution >= 0.6 is 11.8 Å². The molecule has 1 amide bonds. The number of amides is 1. The zero-order valence-corrected chi connectivity index (χ0v) is 13.5. The van der Waals surface area contributed by atoms with Gasteiger partial charge >= 0.3 is 0 Å². The molecule has 116 valence electrons. The van der Waals surface area contributed by atoms with E-state index in [1.807, 2.05) is 25.8 Å². The second-order valence-electron chi connectivity index (χ2n) is 4.51. The highest BCUT2D eigenvalue weighted by Gasteiger charge is 2.19. The van der Waals surface area contributed by atoms with Gasteiger partial charge < -0.3 is 15.4 Å². The number of likely N-dealkylation sites (N-methyl/N-ethyl adjacent to an activating group) is 2. The first-order chi connectivity index (χ1) is 9.48. The summed E-state index contributed by atoms with van der Waals surface area (Å²) in [6.45, 7) is 4.99. The lowest BCUT2D eigenvalue weighted by atomic mass is 10.2. The maximum absolute atomic E-state index is 11.8. The third-order valence-electron chi connectivity index (χ3n) is 2.93. The quantitative estimate of drug-likeness (QED) is 0.548. The number of thioether (sulfide) groups is 1. The molecule has 2 unspecified atom stereocenters. The Morgan fingerprint density at radius 3 is 2.45 bits per heavy atom. The van der Waals surface area contributed by atoms with Gasteiger partial charge in [0.05, 0.1) is 18.6 Å². The molecule has 20 heavy (non-hydrogen) atoms.